The first-order valence-corrected chi connectivity index (χ1v) is 8.47. The Morgan fingerprint density at radius 3 is 2.64 bits per heavy atom. The van der Waals surface area contributed by atoms with Crippen molar-refractivity contribution in [3.63, 3.8) is 0 Å². The van der Waals surface area contributed by atoms with Gasteiger partial charge in [0.15, 0.2) is 5.78 Å². The number of carbonyl (C=O) groups excluding carboxylic acids is 1. The molecule has 0 spiro atoms. The minimum Gasteiger partial charge on any atom is -0.461 e. The maximum Gasteiger partial charge on any atom is 0.159 e. The molecule has 0 bridgehead atoms. The van der Waals surface area contributed by atoms with Crippen LogP contribution >= 0.6 is 0 Å². The average molecular weight is 330 g/mol. The summed E-state index contributed by atoms with van der Waals surface area (Å²) in [6.45, 7) is 7.79. The van der Waals surface area contributed by atoms with E-state index in [0.717, 1.165) is 51.8 Å². The zero-order valence-corrected chi connectivity index (χ0v) is 14.7. The van der Waals surface area contributed by atoms with Crippen molar-refractivity contribution in [2.75, 3.05) is 0 Å². The Kier molecular flexibility index (Phi) is 4.99. The number of benzene rings is 2. The smallest absolute Gasteiger partial charge is 0.159 e. The number of hydrogen-bond donors (Lipinski definition) is 0. The van der Waals surface area contributed by atoms with Crippen molar-refractivity contribution < 1.29 is 9.21 Å². The molecular weight excluding hydrogens is 308 g/mol. The molecule has 0 saturated carbocycles. The second-order valence-corrected chi connectivity index (χ2v) is 6.32. The number of allylic oxidation sites excluding steroid dienone is 3. The Bertz CT molecular complexity index is 924. The summed E-state index contributed by atoms with van der Waals surface area (Å²) in [4.78, 5) is 11.4. The Hall–Kier alpha value is -2.87. The second-order valence-electron chi connectivity index (χ2n) is 6.32. The average Bonchev–Trinajstić information content (AvgIpc) is 3.01. The van der Waals surface area contributed by atoms with Crippen LogP contribution in [0.15, 0.2) is 71.7 Å². The minimum absolute atomic E-state index is 0.0889. The molecule has 2 aromatic carbocycles. The van der Waals surface area contributed by atoms with E-state index >= 15 is 0 Å². The highest BCUT2D eigenvalue weighted by atomic mass is 16.3. The summed E-state index contributed by atoms with van der Waals surface area (Å²) in [6, 6.07) is 15.9. The molecule has 0 fully saturated rings. The first-order valence-electron chi connectivity index (χ1n) is 8.47. The van der Waals surface area contributed by atoms with Crippen molar-refractivity contribution >= 4 is 22.3 Å². The molecule has 0 radical (unpaired) electrons. The molecule has 0 saturated heterocycles. The van der Waals surface area contributed by atoms with Gasteiger partial charge in [-0.15, -0.1) is 0 Å². The normalized spacial score (nSPS) is 11.3. The number of aryl methyl sites for hydroxylation is 1. The van der Waals surface area contributed by atoms with Crippen molar-refractivity contribution in [3.05, 3.63) is 89.7 Å². The summed E-state index contributed by atoms with van der Waals surface area (Å²) in [5.74, 6) is 1.05. The van der Waals surface area contributed by atoms with Crippen molar-refractivity contribution in [3.8, 4) is 0 Å². The quantitative estimate of drug-likeness (QED) is 0.401. The van der Waals surface area contributed by atoms with E-state index in [1.165, 1.54) is 0 Å². The highest BCUT2D eigenvalue weighted by Crippen LogP contribution is 2.23. The van der Waals surface area contributed by atoms with Crippen LogP contribution in [0.25, 0.3) is 16.5 Å². The summed E-state index contributed by atoms with van der Waals surface area (Å²) in [7, 11) is 0. The monoisotopic (exact) mass is 330 g/mol. The second kappa shape index (κ2) is 7.35. The SMILES string of the molecule is C=C(C/C=C\Cc1cc2ccccc2o1)c1ccc(C(C)=O)cc1C. The van der Waals surface area contributed by atoms with E-state index in [9.17, 15) is 4.79 Å². The van der Waals surface area contributed by atoms with Crippen molar-refractivity contribution in [2.45, 2.75) is 26.7 Å². The van der Waals surface area contributed by atoms with Gasteiger partial charge >= 0.3 is 0 Å². The van der Waals surface area contributed by atoms with E-state index in [1.807, 2.05) is 43.3 Å². The molecular formula is C23H22O2. The lowest BCUT2D eigenvalue weighted by atomic mass is 9.96. The van der Waals surface area contributed by atoms with Gasteiger partial charge in [0, 0.05) is 17.4 Å². The Morgan fingerprint density at radius 2 is 1.92 bits per heavy atom. The molecule has 2 heteroatoms. The molecule has 3 rings (SSSR count). The van der Waals surface area contributed by atoms with Crippen LogP contribution in [0.3, 0.4) is 0 Å². The summed E-state index contributed by atoms with van der Waals surface area (Å²) >= 11 is 0. The maximum atomic E-state index is 11.4. The van der Waals surface area contributed by atoms with Crippen LogP contribution in [-0.2, 0) is 6.42 Å². The molecule has 1 heterocycles. The number of furan rings is 1. The molecule has 1 aromatic heterocycles. The Balaban J connectivity index is 1.61. The van der Waals surface area contributed by atoms with Crippen molar-refractivity contribution in [1.82, 2.24) is 0 Å². The lowest BCUT2D eigenvalue weighted by molar-refractivity contribution is 0.101. The van der Waals surface area contributed by atoms with E-state index in [1.54, 1.807) is 6.92 Å². The third kappa shape index (κ3) is 3.97. The molecule has 126 valence electrons. The first-order chi connectivity index (χ1) is 12.0. The Morgan fingerprint density at radius 1 is 1.12 bits per heavy atom. The Labute approximate surface area is 148 Å². The highest BCUT2D eigenvalue weighted by Gasteiger charge is 2.06. The standard InChI is InChI=1S/C23H22O2/c1-16(22-13-12-19(18(3)24)14-17(22)2)8-4-6-10-21-15-20-9-5-7-11-23(20)25-21/h4-7,9,11-15H,1,8,10H2,2-3H3/b6-4-. The van der Waals surface area contributed by atoms with Crippen molar-refractivity contribution in [1.29, 1.82) is 0 Å². The van der Waals surface area contributed by atoms with Gasteiger partial charge in [-0.3, -0.25) is 4.79 Å². The van der Waals surface area contributed by atoms with Gasteiger partial charge < -0.3 is 4.42 Å². The summed E-state index contributed by atoms with van der Waals surface area (Å²) in [6.07, 6.45) is 5.78. The number of Topliss-reactive ketones (excluding diaryl/α,β-unsaturated/α-hetero) is 1. The van der Waals surface area contributed by atoms with E-state index in [0.29, 0.717) is 0 Å². The van der Waals surface area contributed by atoms with Gasteiger partial charge in [-0.25, -0.2) is 0 Å². The topological polar surface area (TPSA) is 30.2 Å². The van der Waals surface area contributed by atoms with E-state index in [4.69, 9.17) is 4.42 Å². The van der Waals surface area contributed by atoms with Gasteiger partial charge in [0.2, 0.25) is 0 Å². The fraction of sp³-hybridized carbons (Fsp3) is 0.174. The third-order valence-corrected chi connectivity index (χ3v) is 4.34. The zero-order valence-electron chi connectivity index (χ0n) is 14.7. The third-order valence-electron chi connectivity index (χ3n) is 4.34. The first kappa shape index (κ1) is 17.0. The number of ketones is 1. The van der Waals surface area contributed by atoms with Crippen LogP contribution in [0.1, 0.15) is 40.6 Å². The predicted molar refractivity (Wildman–Crippen MR) is 104 cm³/mol. The zero-order chi connectivity index (χ0) is 17.8. The fourth-order valence-corrected chi connectivity index (χ4v) is 2.95. The lowest BCUT2D eigenvalue weighted by Crippen LogP contribution is -1.95. The fourth-order valence-electron chi connectivity index (χ4n) is 2.95. The minimum atomic E-state index is 0.0889. The van der Waals surface area contributed by atoms with Crippen LogP contribution in [0, 0.1) is 6.92 Å². The molecule has 0 atom stereocenters. The molecule has 0 aliphatic rings. The molecule has 0 unspecified atom stereocenters. The lowest BCUT2D eigenvalue weighted by Gasteiger charge is -2.08. The molecule has 0 amide bonds. The molecule has 2 nitrogen and oxygen atoms in total. The highest BCUT2D eigenvalue weighted by molar-refractivity contribution is 5.94. The van der Waals surface area contributed by atoms with Crippen LogP contribution in [0.2, 0.25) is 0 Å². The van der Waals surface area contributed by atoms with Gasteiger partial charge in [0.05, 0.1) is 0 Å². The predicted octanol–water partition coefficient (Wildman–Crippen LogP) is 6.15. The molecule has 0 aliphatic heterocycles. The maximum absolute atomic E-state index is 11.4. The van der Waals surface area contributed by atoms with E-state index in [2.05, 4.69) is 30.9 Å². The molecule has 0 aliphatic carbocycles. The van der Waals surface area contributed by atoms with Crippen LogP contribution in [-0.4, -0.2) is 5.78 Å². The van der Waals surface area contributed by atoms with E-state index in [-0.39, 0.29) is 5.78 Å². The van der Waals surface area contributed by atoms with Gasteiger partial charge in [0.25, 0.3) is 0 Å². The summed E-state index contributed by atoms with van der Waals surface area (Å²) in [5, 5.41) is 1.14. The summed E-state index contributed by atoms with van der Waals surface area (Å²) in [5.41, 5.74) is 4.92. The number of rotatable bonds is 6. The van der Waals surface area contributed by atoms with Gasteiger partial charge in [0.1, 0.15) is 11.3 Å². The molecule has 0 N–H and O–H groups in total. The van der Waals surface area contributed by atoms with Gasteiger partial charge in [-0.05, 0) is 55.2 Å². The number of para-hydroxylation sites is 1. The van der Waals surface area contributed by atoms with Crippen LogP contribution in [0.4, 0.5) is 0 Å². The van der Waals surface area contributed by atoms with Gasteiger partial charge in [-0.2, -0.15) is 0 Å². The summed E-state index contributed by atoms with van der Waals surface area (Å²) < 4.78 is 5.81. The van der Waals surface area contributed by atoms with Crippen LogP contribution < -0.4 is 0 Å². The molecule has 3 aromatic rings. The van der Waals surface area contributed by atoms with Crippen LogP contribution in [0.5, 0.6) is 0 Å². The number of carbonyl (C=O) groups is 1. The number of hydrogen-bond acceptors (Lipinski definition) is 2. The molecule has 25 heavy (non-hydrogen) atoms. The van der Waals surface area contributed by atoms with Gasteiger partial charge in [-0.1, -0.05) is 49.1 Å². The number of fused-ring (bicyclic) bond motifs is 1. The van der Waals surface area contributed by atoms with E-state index < -0.39 is 0 Å². The van der Waals surface area contributed by atoms with Crippen molar-refractivity contribution in [2.24, 2.45) is 0 Å². The largest absolute Gasteiger partial charge is 0.461 e.